The number of hydrogen-bond acceptors (Lipinski definition) is 4. The third-order valence-corrected chi connectivity index (χ3v) is 5.59. The highest BCUT2D eigenvalue weighted by atomic mass is 16.7. The molecular formula is C22H19N3O4. The normalized spacial score (nSPS) is 29.0. The van der Waals surface area contributed by atoms with E-state index >= 15 is 0 Å². The van der Waals surface area contributed by atoms with Gasteiger partial charge in [0.05, 0.1) is 16.7 Å². The number of ether oxygens (including phenoxy) is 2. The Hall–Kier alpha value is -3.48. The van der Waals surface area contributed by atoms with Gasteiger partial charge >= 0.3 is 0 Å². The summed E-state index contributed by atoms with van der Waals surface area (Å²) in [5.41, 5.74) is 1.55. The van der Waals surface area contributed by atoms with E-state index < -0.39 is 68.0 Å². The fourth-order valence-corrected chi connectivity index (χ4v) is 4.34. The van der Waals surface area contributed by atoms with Crippen LogP contribution in [0.2, 0.25) is 0 Å². The summed E-state index contributed by atoms with van der Waals surface area (Å²) in [6, 6.07) is 3.19. The number of amides is 2. The van der Waals surface area contributed by atoms with Crippen LogP contribution in [0.3, 0.4) is 0 Å². The third-order valence-electron chi connectivity index (χ3n) is 5.59. The molecule has 1 aromatic heterocycles. The Kier molecular flexibility index (Phi) is 2.05. The van der Waals surface area contributed by atoms with Gasteiger partial charge in [0.2, 0.25) is 18.6 Å². The second-order valence-corrected chi connectivity index (χ2v) is 7.15. The van der Waals surface area contributed by atoms with Crippen LogP contribution in [0.25, 0.3) is 10.9 Å². The summed E-state index contributed by atoms with van der Waals surface area (Å²) in [5.74, 6) is -2.28. The Balaban J connectivity index is 1.62. The molecule has 4 heterocycles. The van der Waals surface area contributed by atoms with Gasteiger partial charge < -0.3 is 24.3 Å². The number of nitrogens with zero attached hydrogens (tertiary/aromatic N) is 2. The molecule has 2 aromatic carbocycles. The number of benzene rings is 2. The first-order chi connectivity index (χ1) is 17.3. The topological polar surface area (TPSA) is 74.9 Å². The molecule has 7 heteroatoms. The molecule has 0 aliphatic carbocycles. The van der Waals surface area contributed by atoms with E-state index in [4.69, 9.17) is 20.4 Å². The van der Waals surface area contributed by atoms with Crippen molar-refractivity contribution in [2.45, 2.75) is 18.5 Å². The molecule has 29 heavy (non-hydrogen) atoms. The average molecular weight is 397 g/mol. The summed E-state index contributed by atoms with van der Waals surface area (Å²) in [6.07, 6.45) is 0.00843. The molecule has 0 saturated carbocycles. The van der Waals surface area contributed by atoms with E-state index in [0.717, 1.165) is 5.39 Å². The standard InChI is InChI=1S/C22H19N3O4/c1-24-10-19(26)25-16(22(24)27)9-14-13-4-2-3-5-15(13)23-20(14)21(25)12-6-7-17-18(8-12)29-11-28-17/h2-8,16,21,23H,9-11H2,1H3/t16-,21?/m1/s1/i1D3,6D,7D,8D,11D2. The monoisotopic (exact) mass is 397 g/mol. The van der Waals surface area contributed by atoms with Crippen molar-refractivity contribution in [1.29, 1.82) is 0 Å². The highest BCUT2D eigenvalue weighted by Crippen LogP contribution is 2.44. The van der Waals surface area contributed by atoms with Gasteiger partial charge in [0.15, 0.2) is 11.5 Å². The highest BCUT2D eigenvalue weighted by molar-refractivity contribution is 5.97. The van der Waals surface area contributed by atoms with Crippen molar-refractivity contribution in [1.82, 2.24) is 14.8 Å². The van der Waals surface area contributed by atoms with Crippen molar-refractivity contribution in [3.63, 3.8) is 0 Å². The van der Waals surface area contributed by atoms with Gasteiger partial charge in [-0.3, -0.25) is 9.59 Å². The molecule has 0 radical (unpaired) electrons. The van der Waals surface area contributed by atoms with Gasteiger partial charge in [-0.05, 0) is 29.3 Å². The van der Waals surface area contributed by atoms with E-state index in [0.29, 0.717) is 21.7 Å². The van der Waals surface area contributed by atoms with Gasteiger partial charge in [0.1, 0.15) is 8.78 Å². The van der Waals surface area contributed by atoms with Crippen molar-refractivity contribution in [2.75, 3.05) is 20.3 Å². The number of rotatable bonds is 1. The minimum absolute atomic E-state index is 0.00843. The minimum atomic E-state index is -2.84. The lowest BCUT2D eigenvalue weighted by molar-refractivity contribution is -0.157. The van der Waals surface area contributed by atoms with E-state index in [2.05, 4.69) is 4.98 Å². The number of fused-ring (bicyclic) bond motifs is 5. The van der Waals surface area contributed by atoms with Crippen molar-refractivity contribution in [3.8, 4) is 11.5 Å². The summed E-state index contributed by atoms with van der Waals surface area (Å²) in [5, 5.41) is 0.731. The van der Waals surface area contributed by atoms with Crippen molar-refractivity contribution >= 4 is 22.7 Å². The third kappa shape index (κ3) is 2.24. The van der Waals surface area contributed by atoms with Crippen LogP contribution in [0.15, 0.2) is 42.4 Å². The average Bonchev–Trinajstić information content (AvgIpc) is 3.36. The fourth-order valence-electron chi connectivity index (χ4n) is 4.34. The largest absolute Gasteiger partial charge is 0.454 e. The molecule has 1 N–H and O–H groups in total. The van der Waals surface area contributed by atoms with Crippen molar-refractivity contribution in [3.05, 3.63) is 59.2 Å². The number of hydrogen-bond donors (Lipinski definition) is 1. The molecule has 7 nitrogen and oxygen atoms in total. The molecule has 3 aromatic rings. The molecule has 1 saturated heterocycles. The maximum Gasteiger partial charge on any atom is 0.245 e. The lowest BCUT2D eigenvalue weighted by atomic mass is 9.86. The number of nitrogens with one attached hydrogen (secondary N) is 1. The number of aromatic amines is 1. The first-order valence-electron chi connectivity index (χ1n) is 13.0. The first kappa shape index (κ1) is 10.3. The molecule has 2 amide bonds. The van der Waals surface area contributed by atoms with Crippen LogP contribution in [0.5, 0.6) is 11.5 Å². The second-order valence-electron chi connectivity index (χ2n) is 7.15. The number of piperazine rings is 1. The van der Waals surface area contributed by atoms with E-state index in [1.807, 2.05) is 0 Å². The Morgan fingerprint density at radius 3 is 3.00 bits per heavy atom. The quantitative estimate of drug-likeness (QED) is 0.683. The Morgan fingerprint density at radius 2 is 2.10 bits per heavy atom. The van der Waals surface area contributed by atoms with Gasteiger partial charge in [-0.15, -0.1) is 0 Å². The summed E-state index contributed by atoms with van der Waals surface area (Å²) < 4.78 is 74.8. The van der Waals surface area contributed by atoms with E-state index in [-0.39, 0.29) is 17.7 Å². The van der Waals surface area contributed by atoms with Gasteiger partial charge in [-0.25, -0.2) is 0 Å². The lowest BCUT2D eigenvalue weighted by Crippen LogP contribution is -2.62. The van der Waals surface area contributed by atoms with Crippen LogP contribution in [-0.2, 0) is 16.0 Å². The molecule has 1 unspecified atom stereocenters. The zero-order valence-electron chi connectivity index (χ0n) is 22.9. The molecule has 3 aliphatic heterocycles. The molecule has 3 aliphatic rings. The zero-order chi connectivity index (χ0) is 26.6. The molecule has 0 bridgehead atoms. The smallest absolute Gasteiger partial charge is 0.245 e. The minimum Gasteiger partial charge on any atom is -0.454 e. The maximum absolute atomic E-state index is 13.5. The van der Waals surface area contributed by atoms with E-state index in [9.17, 15) is 9.59 Å². The maximum atomic E-state index is 13.5. The van der Waals surface area contributed by atoms with Gasteiger partial charge in [0.25, 0.3) is 0 Å². The van der Waals surface area contributed by atoms with Crippen LogP contribution in [0.4, 0.5) is 0 Å². The van der Waals surface area contributed by atoms with Crippen LogP contribution in [0.1, 0.15) is 33.8 Å². The van der Waals surface area contributed by atoms with Crippen LogP contribution in [-0.4, -0.2) is 52.9 Å². The zero-order valence-corrected chi connectivity index (χ0v) is 14.9. The fraction of sp³-hybridized carbons (Fsp3) is 0.273. The number of carbonyl (C=O) groups is 2. The molecular weight excluding hydrogens is 370 g/mol. The predicted octanol–water partition coefficient (Wildman–Crippen LogP) is 2.21. The Labute approximate surface area is 178 Å². The van der Waals surface area contributed by atoms with Gasteiger partial charge in [0, 0.05) is 34.1 Å². The molecule has 6 rings (SSSR count). The summed E-state index contributed by atoms with van der Waals surface area (Å²) >= 11 is 0. The van der Waals surface area contributed by atoms with E-state index in [1.165, 1.54) is 4.90 Å². The SMILES string of the molecule is [2H]c1c([2H])c(C2c3[nH]c4ccccc4c3C[C@@H]3C(=O)N(C([2H])([2H])[2H])CC(=O)N23)c([2H])c2c1OC([2H])([2H])O2. The van der Waals surface area contributed by atoms with Crippen LogP contribution < -0.4 is 9.47 Å². The summed E-state index contributed by atoms with van der Waals surface area (Å²) in [4.78, 5) is 31.9. The number of likely N-dealkylation sites (N-methyl/N-ethyl adjacent to an activating group) is 1. The van der Waals surface area contributed by atoms with Crippen LogP contribution >= 0.6 is 0 Å². The summed E-state index contributed by atoms with van der Waals surface area (Å²) in [6.45, 7) is -6.22. The van der Waals surface area contributed by atoms with Gasteiger partial charge in [-0.2, -0.15) is 0 Å². The number of para-hydroxylation sites is 1. The number of H-pyrrole nitrogens is 1. The predicted molar refractivity (Wildman–Crippen MR) is 105 cm³/mol. The second kappa shape index (κ2) is 5.76. The highest BCUT2D eigenvalue weighted by Gasteiger charge is 2.47. The summed E-state index contributed by atoms with van der Waals surface area (Å²) in [7, 11) is 0. The lowest BCUT2D eigenvalue weighted by Gasteiger charge is -2.46. The van der Waals surface area contributed by atoms with Crippen LogP contribution in [0, 0.1) is 0 Å². The molecule has 1 fully saturated rings. The molecule has 0 spiro atoms. The first-order valence-corrected chi connectivity index (χ1v) is 9.04. The Morgan fingerprint density at radius 1 is 1.24 bits per heavy atom. The Bertz CT molecular complexity index is 1520. The molecule has 146 valence electrons. The molecule has 2 atom stereocenters. The van der Waals surface area contributed by atoms with Crippen molar-refractivity contribution in [2.24, 2.45) is 0 Å². The van der Waals surface area contributed by atoms with E-state index in [1.54, 1.807) is 24.3 Å². The van der Waals surface area contributed by atoms with Gasteiger partial charge in [-0.1, -0.05) is 24.2 Å². The number of carbonyl (C=O) groups excluding carboxylic acids is 2. The number of aromatic nitrogens is 1. The van der Waals surface area contributed by atoms with Crippen molar-refractivity contribution < 1.29 is 30.0 Å².